The van der Waals surface area contributed by atoms with Crippen LogP contribution in [-0.2, 0) is 0 Å². The van der Waals surface area contributed by atoms with Crippen LogP contribution in [0.5, 0.6) is 0 Å². The van der Waals surface area contributed by atoms with E-state index in [2.05, 4.69) is 32.9 Å². The first-order chi connectivity index (χ1) is 5.18. The van der Waals surface area contributed by atoms with E-state index in [1.54, 1.807) is 0 Å². The van der Waals surface area contributed by atoms with Crippen LogP contribution in [0.4, 0.5) is 0 Å². The van der Waals surface area contributed by atoms with Crippen molar-refractivity contribution in [3.05, 3.63) is 33.8 Å². The Hall–Kier alpha value is -0.430. The van der Waals surface area contributed by atoms with Gasteiger partial charge in [0.25, 0.3) is 0 Å². The van der Waals surface area contributed by atoms with E-state index < -0.39 is 0 Å². The lowest BCUT2D eigenvalue weighted by Gasteiger charge is -1.99. The summed E-state index contributed by atoms with van der Waals surface area (Å²) < 4.78 is 0. The fourth-order valence-electron chi connectivity index (χ4n) is 1.62. The van der Waals surface area contributed by atoms with E-state index in [0.717, 1.165) is 0 Å². The molecule has 1 aliphatic carbocycles. The highest BCUT2D eigenvalue weighted by atomic mass is 32.2. The first-order valence-corrected chi connectivity index (χ1v) is 4.81. The van der Waals surface area contributed by atoms with Crippen molar-refractivity contribution in [2.45, 2.75) is 26.0 Å². The van der Waals surface area contributed by atoms with Crippen molar-refractivity contribution >= 4 is 11.8 Å². The minimum Gasteiger partial charge on any atom is -0.118 e. The van der Waals surface area contributed by atoms with Crippen LogP contribution >= 0.6 is 11.8 Å². The van der Waals surface area contributed by atoms with Crippen molar-refractivity contribution in [2.75, 3.05) is 0 Å². The van der Waals surface area contributed by atoms with Gasteiger partial charge in [-0.05, 0) is 42.9 Å². The number of allylic oxidation sites excluding steroid dienone is 4. The average Bonchev–Trinajstić information content (AvgIpc) is 2.37. The second-order valence-electron chi connectivity index (χ2n) is 3.22. The number of hydrogen-bond donors (Lipinski definition) is 0. The molecule has 0 aromatic heterocycles. The fourth-order valence-corrected chi connectivity index (χ4v) is 2.86. The van der Waals surface area contributed by atoms with Crippen molar-refractivity contribution in [3.8, 4) is 0 Å². The molecule has 1 heterocycles. The van der Waals surface area contributed by atoms with E-state index in [4.69, 9.17) is 0 Å². The molecular formula is C10H12S. The zero-order chi connectivity index (χ0) is 8.01. The maximum atomic E-state index is 2.36. The Morgan fingerprint density at radius 2 is 2.00 bits per heavy atom. The molecule has 1 atom stereocenters. The first kappa shape index (κ1) is 7.23. The van der Waals surface area contributed by atoms with E-state index in [1.807, 2.05) is 11.8 Å². The predicted molar refractivity (Wildman–Crippen MR) is 51.6 cm³/mol. The minimum absolute atomic E-state index is 0.648. The second-order valence-corrected chi connectivity index (χ2v) is 4.61. The summed E-state index contributed by atoms with van der Waals surface area (Å²) in [5, 5.41) is 0.648. The average molecular weight is 164 g/mol. The lowest BCUT2D eigenvalue weighted by molar-refractivity contribution is 1.33. The Morgan fingerprint density at radius 1 is 1.27 bits per heavy atom. The van der Waals surface area contributed by atoms with E-state index in [1.165, 1.54) is 21.6 Å². The third kappa shape index (κ3) is 0.987. The van der Waals surface area contributed by atoms with Crippen molar-refractivity contribution in [2.24, 2.45) is 0 Å². The molecule has 58 valence electrons. The number of fused-ring (bicyclic) bond motifs is 1. The third-order valence-electron chi connectivity index (χ3n) is 2.40. The van der Waals surface area contributed by atoms with E-state index in [-0.39, 0.29) is 0 Å². The molecule has 1 unspecified atom stereocenters. The molecule has 0 fully saturated rings. The van der Waals surface area contributed by atoms with Gasteiger partial charge in [-0.2, -0.15) is 0 Å². The normalized spacial score (nSPS) is 28.8. The summed E-state index contributed by atoms with van der Waals surface area (Å²) in [5.41, 5.74) is 4.48. The smallest absolute Gasteiger partial charge is 0.0529 e. The monoisotopic (exact) mass is 164 g/mol. The zero-order valence-corrected chi connectivity index (χ0v) is 7.96. The number of thioether (sulfide) groups is 1. The zero-order valence-electron chi connectivity index (χ0n) is 7.14. The fraction of sp³-hybridized carbons (Fsp3) is 0.400. The Balaban J connectivity index is 2.45. The van der Waals surface area contributed by atoms with Gasteiger partial charge in [-0.15, -0.1) is 11.8 Å². The van der Waals surface area contributed by atoms with Gasteiger partial charge in [-0.25, -0.2) is 0 Å². The lowest BCUT2D eigenvalue weighted by atomic mass is 10.1. The van der Waals surface area contributed by atoms with E-state index >= 15 is 0 Å². The summed E-state index contributed by atoms with van der Waals surface area (Å²) in [6, 6.07) is 0. The molecule has 0 aromatic rings. The molecule has 0 spiro atoms. The van der Waals surface area contributed by atoms with Crippen LogP contribution in [0.15, 0.2) is 33.8 Å². The van der Waals surface area contributed by atoms with Crippen molar-refractivity contribution in [1.29, 1.82) is 0 Å². The summed E-state index contributed by atoms with van der Waals surface area (Å²) >= 11 is 1.97. The number of hydrogen-bond acceptors (Lipinski definition) is 1. The van der Waals surface area contributed by atoms with Crippen LogP contribution in [0.3, 0.4) is 0 Å². The largest absolute Gasteiger partial charge is 0.118 e. The van der Waals surface area contributed by atoms with Gasteiger partial charge in [0.15, 0.2) is 0 Å². The molecule has 0 aromatic carbocycles. The van der Waals surface area contributed by atoms with Gasteiger partial charge in [0.2, 0.25) is 0 Å². The van der Waals surface area contributed by atoms with Crippen molar-refractivity contribution < 1.29 is 0 Å². The van der Waals surface area contributed by atoms with Crippen LogP contribution < -0.4 is 0 Å². The summed E-state index contributed by atoms with van der Waals surface area (Å²) in [6.07, 6.45) is 4.68. The van der Waals surface area contributed by atoms with Gasteiger partial charge in [-0.1, -0.05) is 11.6 Å². The minimum atomic E-state index is 0.648. The molecule has 0 saturated heterocycles. The molecule has 0 N–H and O–H groups in total. The molecule has 0 radical (unpaired) electrons. The SMILES string of the molecule is CC1=CC2=C(C)C(C)=CC2S1. The van der Waals surface area contributed by atoms with E-state index in [0.29, 0.717) is 5.25 Å². The predicted octanol–water partition coefficient (Wildman–Crippen LogP) is 3.28. The van der Waals surface area contributed by atoms with Gasteiger partial charge in [0, 0.05) is 0 Å². The lowest BCUT2D eigenvalue weighted by Crippen LogP contribution is -1.90. The standard InChI is InChI=1S/C10H12S/c1-6-4-10-9(8(6)3)5-7(2)11-10/h4-5,10H,1-3H3. The van der Waals surface area contributed by atoms with Crippen molar-refractivity contribution in [3.63, 3.8) is 0 Å². The molecule has 2 aliphatic rings. The quantitative estimate of drug-likeness (QED) is 0.529. The van der Waals surface area contributed by atoms with Gasteiger partial charge >= 0.3 is 0 Å². The summed E-state index contributed by atoms with van der Waals surface area (Å²) in [6.45, 7) is 6.60. The van der Waals surface area contributed by atoms with Crippen LogP contribution in [0.2, 0.25) is 0 Å². The molecule has 2 rings (SSSR count). The van der Waals surface area contributed by atoms with Crippen LogP contribution in [0, 0.1) is 0 Å². The molecule has 1 aliphatic heterocycles. The van der Waals surface area contributed by atoms with Gasteiger partial charge in [-0.3, -0.25) is 0 Å². The summed E-state index contributed by atoms with van der Waals surface area (Å²) in [4.78, 5) is 1.45. The molecule has 0 saturated carbocycles. The Kier molecular flexibility index (Phi) is 1.50. The highest BCUT2D eigenvalue weighted by Crippen LogP contribution is 2.43. The molecule has 11 heavy (non-hydrogen) atoms. The Labute approximate surface area is 72.1 Å². The summed E-state index contributed by atoms with van der Waals surface area (Å²) in [5.74, 6) is 0. The van der Waals surface area contributed by atoms with Gasteiger partial charge < -0.3 is 0 Å². The maximum absolute atomic E-state index is 2.36. The molecule has 0 amide bonds. The molecule has 0 nitrogen and oxygen atoms in total. The van der Waals surface area contributed by atoms with Crippen molar-refractivity contribution in [1.82, 2.24) is 0 Å². The highest BCUT2D eigenvalue weighted by molar-refractivity contribution is 8.04. The summed E-state index contributed by atoms with van der Waals surface area (Å²) in [7, 11) is 0. The van der Waals surface area contributed by atoms with E-state index in [9.17, 15) is 0 Å². The van der Waals surface area contributed by atoms with Crippen LogP contribution in [-0.4, -0.2) is 5.25 Å². The Bertz CT molecular complexity index is 292. The molecule has 1 heteroatoms. The van der Waals surface area contributed by atoms with Gasteiger partial charge in [0.1, 0.15) is 0 Å². The number of rotatable bonds is 0. The second kappa shape index (κ2) is 2.28. The third-order valence-corrected chi connectivity index (χ3v) is 3.54. The van der Waals surface area contributed by atoms with Gasteiger partial charge in [0.05, 0.1) is 5.25 Å². The van der Waals surface area contributed by atoms with Crippen LogP contribution in [0.1, 0.15) is 20.8 Å². The molecule has 0 bridgehead atoms. The topological polar surface area (TPSA) is 0 Å². The first-order valence-electron chi connectivity index (χ1n) is 3.93. The Morgan fingerprint density at radius 3 is 2.64 bits per heavy atom. The molecular weight excluding hydrogens is 152 g/mol. The maximum Gasteiger partial charge on any atom is 0.0529 e. The van der Waals surface area contributed by atoms with Crippen LogP contribution in [0.25, 0.3) is 0 Å². The highest BCUT2D eigenvalue weighted by Gasteiger charge is 2.25.